The highest BCUT2D eigenvalue weighted by molar-refractivity contribution is 6.07. The summed E-state index contributed by atoms with van der Waals surface area (Å²) in [5, 5.41) is 0. The first kappa shape index (κ1) is 13.8. The smallest absolute Gasteiger partial charge is 0.159 e. The van der Waals surface area contributed by atoms with Crippen molar-refractivity contribution >= 4 is 11.4 Å². The van der Waals surface area contributed by atoms with Crippen LogP contribution in [0.4, 0.5) is 0 Å². The molecule has 0 spiro atoms. The lowest BCUT2D eigenvalue weighted by molar-refractivity contribution is -0.114. The predicted octanol–water partition coefficient (Wildman–Crippen LogP) is 4.86. The minimum atomic E-state index is 0.314. The number of rotatable bonds is 2. The molecule has 0 heterocycles. The fraction of sp³-hybridized carbons (Fsp3) is 0.250. The molecule has 106 valence electrons. The normalized spacial score (nSPS) is 17.1. The Morgan fingerprint density at radius 2 is 1.62 bits per heavy atom. The molecule has 0 saturated heterocycles. The van der Waals surface area contributed by atoms with Gasteiger partial charge in [0.25, 0.3) is 0 Å². The van der Waals surface area contributed by atoms with Crippen molar-refractivity contribution in [3.8, 4) is 0 Å². The average Bonchev–Trinajstić information content (AvgIpc) is 2.89. The van der Waals surface area contributed by atoms with Crippen LogP contribution in [0, 0.1) is 13.8 Å². The van der Waals surface area contributed by atoms with Crippen LogP contribution in [0.3, 0.4) is 0 Å². The van der Waals surface area contributed by atoms with E-state index in [2.05, 4.69) is 56.3 Å². The molecule has 2 aromatic carbocycles. The topological polar surface area (TPSA) is 17.1 Å². The van der Waals surface area contributed by atoms with E-state index in [1.54, 1.807) is 0 Å². The predicted molar refractivity (Wildman–Crippen MR) is 87.2 cm³/mol. The van der Waals surface area contributed by atoms with Crippen molar-refractivity contribution in [3.63, 3.8) is 0 Å². The molecule has 0 aromatic heterocycles. The number of benzene rings is 2. The molecule has 1 aliphatic rings. The van der Waals surface area contributed by atoms with Gasteiger partial charge in [-0.15, -0.1) is 0 Å². The average molecular weight is 276 g/mol. The van der Waals surface area contributed by atoms with Crippen molar-refractivity contribution < 1.29 is 4.79 Å². The van der Waals surface area contributed by atoms with Gasteiger partial charge in [-0.2, -0.15) is 0 Å². The van der Waals surface area contributed by atoms with Crippen LogP contribution in [0.1, 0.15) is 41.5 Å². The number of ketones is 1. The zero-order valence-electron chi connectivity index (χ0n) is 12.6. The maximum absolute atomic E-state index is 12.3. The SMILES string of the molecule is Cc1ccc(/C(=C2\CCCC2=O)c2ccccc2C)cc1. The molecule has 0 aliphatic heterocycles. The number of aryl methyl sites for hydroxylation is 2. The third-order valence-corrected chi connectivity index (χ3v) is 4.22. The number of carbonyl (C=O) groups is 1. The summed E-state index contributed by atoms with van der Waals surface area (Å²) in [4.78, 5) is 12.3. The molecule has 0 unspecified atom stereocenters. The summed E-state index contributed by atoms with van der Waals surface area (Å²) < 4.78 is 0. The molecule has 0 bridgehead atoms. The number of hydrogen-bond donors (Lipinski definition) is 0. The van der Waals surface area contributed by atoms with Gasteiger partial charge in [-0.1, -0.05) is 54.1 Å². The Balaban J connectivity index is 2.24. The molecule has 1 fully saturated rings. The Morgan fingerprint density at radius 3 is 2.24 bits per heavy atom. The van der Waals surface area contributed by atoms with Crippen LogP contribution in [0.5, 0.6) is 0 Å². The first-order chi connectivity index (χ1) is 10.2. The Hall–Kier alpha value is -2.15. The van der Waals surface area contributed by atoms with E-state index in [9.17, 15) is 4.79 Å². The number of carbonyl (C=O) groups excluding carboxylic acids is 1. The Labute approximate surface area is 126 Å². The monoisotopic (exact) mass is 276 g/mol. The van der Waals surface area contributed by atoms with Gasteiger partial charge >= 0.3 is 0 Å². The highest BCUT2D eigenvalue weighted by Gasteiger charge is 2.23. The van der Waals surface area contributed by atoms with Crippen LogP contribution in [0.2, 0.25) is 0 Å². The van der Waals surface area contributed by atoms with E-state index < -0.39 is 0 Å². The van der Waals surface area contributed by atoms with Crippen molar-refractivity contribution in [1.82, 2.24) is 0 Å². The van der Waals surface area contributed by atoms with Gasteiger partial charge in [-0.3, -0.25) is 4.79 Å². The second-order valence-electron chi connectivity index (χ2n) is 5.81. The molecular weight excluding hydrogens is 256 g/mol. The summed E-state index contributed by atoms with van der Waals surface area (Å²) in [5.41, 5.74) is 6.95. The van der Waals surface area contributed by atoms with E-state index in [0.717, 1.165) is 29.6 Å². The van der Waals surface area contributed by atoms with Crippen molar-refractivity contribution in [2.75, 3.05) is 0 Å². The lowest BCUT2D eigenvalue weighted by Crippen LogP contribution is -2.01. The summed E-state index contributed by atoms with van der Waals surface area (Å²) in [6.45, 7) is 4.20. The van der Waals surface area contributed by atoms with E-state index in [4.69, 9.17) is 0 Å². The van der Waals surface area contributed by atoms with E-state index in [-0.39, 0.29) is 0 Å². The van der Waals surface area contributed by atoms with Crippen LogP contribution in [0.15, 0.2) is 54.1 Å². The largest absolute Gasteiger partial charge is 0.295 e. The van der Waals surface area contributed by atoms with Gasteiger partial charge in [0.05, 0.1) is 0 Å². The van der Waals surface area contributed by atoms with Gasteiger partial charge in [0.15, 0.2) is 5.78 Å². The number of hydrogen-bond acceptors (Lipinski definition) is 1. The second kappa shape index (κ2) is 5.69. The Bertz CT molecular complexity index is 705. The first-order valence-corrected chi connectivity index (χ1v) is 7.56. The van der Waals surface area contributed by atoms with Gasteiger partial charge in [0.1, 0.15) is 0 Å². The molecular formula is C20H20O. The van der Waals surface area contributed by atoms with Gasteiger partial charge in [0.2, 0.25) is 0 Å². The summed E-state index contributed by atoms with van der Waals surface area (Å²) in [6, 6.07) is 16.8. The highest BCUT2D eigenvalue weighted by Crippen LogP contribution is 2.35. The Morgan fingerprint density at radius 1 is 0.905 bits per heavy atom. The van der Waals surface area contributed by atoms with Crippen LogP contribution in [0.25, 0.3) is 5.57 Å². The summed E-state index contributed by atoms with van der Waals surface area (Å²) in [5.74, 6) is 0.314. The molecule has 1 aliphatic carbocycles. The van der Waals surface area contributed by atoms with Crippen molar-refractivity contribution in [3.05, 3.63) is 76.4 Å². The zero-order chi connectivity index (χ0) is 14.8. The fourth-order valence-electron chi connectivity index (χ4n) is 3.05. The van der Waals surface area contributed by atoms with Crippen molar-refractivity contribution in [2.45, 2.75) is 33.1 Å². The fourth-order valence-corrected chi connectivity index (χ4v) is 3.05. The molecule has 2 aromatic rings. The standard InChI is InChI=1S/C20H20O/c1-14-10-12-16(13-11-14)20(18-8-5-9-19(18)21)17-7-4-3-6-15(17)2/h3-4,6-7,10-13H,5,8-9H2,1-2H3/b20-18-. The van der Waals surface area contributed by atoms with Crippen LogP contribution < -0.4 is 0 Å². The van der Waals surface area contributed by atoms with Gasteiger partial charge in [-0.05, 0) is 49.0 Å². The van der Waals surface area contributed by atoms with E-state index in [0.29, 0.717) is 12.2 Å². The molecule has 1 saturated carbocycles. The van der Waals surface area contributed by atoms with Gasteiger partial charge in [0, 0.05) is 12.0 Å². The van der Waals surface area contributed by atoms with Crippen LogP contribution >= 0.6 is 0 Å². The van der Waals surface area contributed by atoms with Crippen molar-refractivity contribution in [1.29, 1.82) is 0 Å². The van der Waals surface area contributed by atoms with Gasteiger partial charge in [-0.25, -0.2) is 0 Å². The van der Waals surface area contributed by atoms with Crippen molar-refractivity contribution in [2.24, 2.45) is 0 Å². The summed E-state index contributed by atoms with van der Waals surface area (Å²) in [7, 11) is 0. The van der Waals surface area contributed by atoms with E-state index >= 15 is 0 Å². The minimum absolute atomic E-state index is 0.314. The molecule has 0 N–H and O–H groups in total. The molecule has 3 rings (SSSR count). The van der Waals surface area contributed by atoms with Crippen LogP contribution in [-0.2, 0) is 4.79 Å². The molecule has 1 nitrogen and oxygen atoms in total. The maximum atomic E-state index is 12.3. The summed E-state index contributed by atoms with van der Waals surface area (Å²) >= 11 is 0. The third kappa shape index (κ3) is 2.69. The minimum Gasteiger partial charge on any atom is -0.295 e. The molecule has 0 atom stereocenters. The van der Waals surface area contributed by atoms with Crippen LogP contribution in [-0.4, -0.2) is 5.78 Å². The Kier molecular flexibility index (Phi) is 3.74. The highest BCUT2D eigenvalue weighted by atomic mass is 16.1. The lowest BCUT2D eigenvalue weighted by Gasteiger charge is -2.15. The lowest BCUT2D eigenvalue weighted by atomic mass is 9.89. The van der Waals surface area contributed by atoms with E-state index in [1.165, 1.54) is 16.7 Å². The molecule has 0 radical (unpaired) electrons. The molecule has 21 heavy (non-hydrogen) atoms. The molecule has 0 amide bonds. The summed E-state index contributed by atoms with van der Waals surface area (Å²) in [6.07, 6.45) is 2.57. The number of Topliss-reactive ketones (excluding diaryl/α,β-unsaturated/α-hetero) is 1. The van der Waals surface area contributed by atoms with Gasteiger partial charge < -0.3 is 0 Å². The molecule has 1 heteroatoms. The number of allylic oxidation sites excluding steroid dienone is 1. The first-order valence-electron chi connectivity index (χ1n) is 7.56. The van der Waals surface area contributed by atoms with E-state index in [1.807, 2.05) is 6.07 Å². The third-order valence-electron chi connectivity index (χ3n) is 4.22. The maximum Gasteiger partial charge on any atom is 0.159 e. The zero-order valence-corrected chi connectivity index (χ0v) is 12.6. The second-order valence-corrected chi connectivity index (χ2v) is 5.81. The quantitative estimate of drug-likeness (QED) is 0.716.